The molecule has 3 aromatic rings. The summed E-state index contributed by atoms with van der Waals surface area (Å²) in [5.74, 6) is 0.803. The lowest BCUT2D eigenvalue weighted by Crippen LogP contribution is -1.94. The van der Waals surface area contributed by atoms with E-state index in [0.717, 1.165) is 17.8 Å². The van der Waals surface area contributed by atoms with E-state index in [1.54, 1.807) is 0 Å². The average molecular weight is 263 g/mol. The van der Waals surface area contributed by atoms with Crippen LogP contribution in [-0.4, -0.2) is 4.57 Å². The Hall–Kier alpha value is -2.48. The number of hydrogen-bond donors (Lipinski definition) is 0. The average Bonchev–Trinajstić information content (AvgIpc) is 2.73. The molecule has 1 heterocycles. The molecule has 2 nitrogen and oxygen atoms in total. The number of allylic oxidation sites excluding steroid dienone is 1. The topological polar surface area (TPSA) is 14.2 Å². The van der Waals surface area contributed by atoms with E-state index in [1.807, 2.05) is 12.1 Å². The van der Waals surface area contributed by atoms with Gasteiger partial charge in [-0.1, -0.05) is 24.8 Å². The van der Waals surface area contributed by atoms with Crippen molar-refractivity contribution in [2.45, 2.75) is 13.5 Å². The van der Waals surface area contributed by atoms with Gasteiger partial charge in [0.2, 0.25) is 0 Å². The van der Waals surface area contributed by atoms with Crippen LogP contribution in [0, 0.1) is 6.92 Å². The SMILES string of the molecule is C=CCn1c2cc(C)ccc2c2ccc(OC=C)cc21. The molecule has 3 rings (SSSR count). The summed E-state index contributed by atoms with van der Waals surface area (Å²) in [6, 6.07) is 12.7. The second-order valence-corrected chi connectivity index (χ2v) is 4.88. The molecule has 20 heavy (non-hydrogen) atoms. The zero-order chi connectivity index (χ0) is 14.1. The van der Waals surface area contributed by atoms with E-state index in [1.165, 1.54) is 28.1 Å². The normalized spacial score (nSPS) is 10.8. The molecule has 2 aromatic carbocycles. The van der Waals surface area contributed by atoms with E-state index in [0.29, 0.717) is 0 Å². The van der Waals surface area contributed by atoms with Crippen LogP contribution < -0.4 is 4.74 Å². The lowest BCUT2D eigenvalue weighted by atomic mass is 10.1. The molecule has 0 radical (unpaired) electrons. The number of aromatic nitrogens is 1. The van der Waals surface area contributed by atoms with Crippen LogP contribution in [0.15, 0.2) is 61.9 Å². The van der Waals surface area contributed by atoms with Crippen molar-refractivity contribution in [2.24, 2.45) is 0 Å². The molecular weight excluding hydrogens is 246 g/mol. The van der Waals surface area contributed by atoms with Crippen LogP contribution in [0.25, 0.3) is 21.8 Å². The summed E-state index contributed by atoms with van der Waals surface area (Å²) in [5.41, 5.74) is 3.65. The monoisotopic (exact) mass is 263 g/mol. The first-order valence-corrected chi connectivity index (χ1v) is 6.65. The van der Waals surface area contributed by atoms with Gasteiger partial charge in [0.15, 0.2) is 0 Å². The fraction of sp³-hybridized carbons (Fsp3) is 0.111. The van der Waals surface area contributed by atoms with Crippen LogP contribution in [0.3, 0.4) is 0 Å². The summed E-state index contributed by atoms with van der Waals surface area (Å²) >= 11 is 0. The Balaban J connectivity index is 2.39. The molecule has 0 amide bonds. The fourth-order valence-electron chi connectivity index (χ4n) is 2.68. The van der Waals surface area contributed by atoms with Crippen molar-refractivity contribution in [1.29, 1.82) is 0 Å². The van der Waals surface area contributed by atoms with Crippen molar-refractivity contribution in [1.82, 2.24) is 4.57 Å². The Labute approximate surface area is 118 Å². The minimum absolute atomic E-state index is 0.779. The van der Waals surface area contributed by atoms with Gasteiger partial charge in [0.1, 0.15) is 5.75 Å². The molecule has 0 bridgehead atoms. The molecule has 0 aliphatic rings. The molecular formula is C18H17NO. The van der Waals surface area contributed by atoms with Gasteiger partial charge < -0.3 is 9.30 Å². The molecule has 0 spiro atoms. The highest BCUT2D eigenvalue weighted by Crippen LogP contribution is 2.32. The van der Waals surface area contributed by atoms with Crippen LogP contribution in [0.5, 0.6) is 5.75 Å². The molecule has 0 N–H and O–H groups in total. The lowest BCUT2D eigenvalue weighted by molar-refractivity contribution is 0.484. The standard InChI is InChI=1S/C18H17NO/c1-4-10-19-17-11-13(3)6-8-15(17)16-9-7-14(20-5-2)12-18(16)19/h4-9,11-12H,1-2,10H2,3H3. The molecule has 100 valence electrons. The number of aryl methyl sites for hydroxylation is 1. The Morgan fingerprint density at radius 2 is 1.75 bits per heavy atom. The fourth-order valence-corrected chi connectivity index (χ4v) is 2.68. The van der Waals surface area contributed by atoms with Crippen LogP contribution >= 0.6 is 0 Å². The summed E-state index contributed by atoms with van der Waals surface area (Å²) in [4.78, 5) is 0. The summed E-state index contributed by atoms with van der Waals surface area (Å²) in [7, 11) is 0. The van der Waals surface area contributed by atoms with E-state index in [4.69, 9.17) is 4.74 Å². The largest absolute Gasteiger partial charge is 0.466 e. The van der Waals surface area contributed by atoms with Gasteiger partial charge in [-0.25, -0.2) is 0 Å². The molecule has 0 fully saturated rings. The zero-order valence-electron chi connectivity index (χ0n) is 11.6. The minimum Gasteiger partial charge on any atom is -0.466 e. The van der Waals surface area contributed by atoms with E-state index >= 15 is 0 Å². The van der Waals surface area contributed by atoms with E-state index < -0.39 is 0 Å². The van der Waals surface area contributed by atoms with Gasteiger partial charge in [-0.3, -0.25) is 0 Å². The summed E-state index contributed by atoms with van der Waals surface area (Å²) in [6.45, 7) is 10.4. The van der Waals surface area contributed by atoms with E-state index in [9.17, 15) is 0 Å². The first-order valence-electron chi connectivity index (χ1n) is 6.65. The molecule has 0 aliphatic heterocycles. The van der Waals surface area contributed by atoms with Gasteiger partial charge in [0, 0.05) is 28.9 Å². The highest BCUT2D eigenvalue weighted by Gasteiger charge is 2.10. The Kier molecular flexibility index (Phi) is 3.07. The first kappa shape index (κ1) is 12.5. The Morgan fingerprint density at radius 3 is 2.45 bits per heavy atom. The maximum Gasteiger partial charge on any atom is 0.128 e. The first-order chi connectivity index (χ1) is 9.74. The summed E-state index contributed by atoms with van der Waals surface area (Å²) < 4.78 is 7.66. The van der Waals surface area contributed by atoms with Gasteiger partial charge in [0.25, 0.3) is 0 Å². The van der Waals surface area contributed by atoms with Crippen molar-refractivity contribution < 1.29 is 4.74 Å². The van der Waals surface area contributed by atoms with E-state index in [2.05, 4.69) is 55.0 Å². The van der Waals surface area contributed by atoms with Crippen molar-refractivity contribution >= 4 is 21.8 Å². The summed E-state index contributed by atoms with van der Waals surface area (Å²) in [6.07, 6.45) is 3.37. The highest BCUT2D eigenvalue weighted by molar-refractivity contribution is 6.08. The van der Waals surface area contributed by atoms with Gasteiger partial charge in [0.05, 0.1) is 11.8 Å². The van der Waals surface area contributed by atoms with Gasteiger partial charge in [-0.15, -0.1) is 6.58 Å². The second-order valence-electron chi connectivity index (χ2n) is 4.88. The van der Waals surface area contributed by atoms with Crippen LogP contribution in [-0.2, 0) is 6.54 Å². The quantitative estimate of drug-likeness (QED) is 0.486. The summed E-state index contributed by atoms with van der Waals surface area (Å²) in [5, 5.41) is 2.50. The maximum absolute atomic E-state index is 5.39. The van der Waals surface area contributed by atoms with Crippen LogP contribution in [0.2, 0.25) is 0 Å². The van der Waals surface area contributed by atoms with Crippen LogP contribution in [0.4, 0.5) is 0 Å². The van der Waals surface area contributed by atoms with Crippen molar-refractivity contribution in [3.8, 4) is 5.75 Å². The van der Waals surface area contributed by atoms with Crippen LogP contribution in [0.1, 0.15) is 5.56 Å². The molecule has 1 aromatic heterocycles. The van der Waals surface area contributed by atoms with Crippen molar-refractivity contribution in [3.05, 3.63) is 67.5 Å². The minimum atomic E-state index is 0.779. The zero-order valence-corrected chi connectivity index (χ0v) is 11.6. The molecule has 0 aliphatic carbocycles. The number of nitrogens with zero attached hydrogens (tertiary/aromatic N) is 1. The number of hydrogen-bond acceptors (Lipinski definition) is 1. The van der Waals surface area contributed by atoms with Gasteiger partial charge in [-0.05, 0) is 30.7 Å². The Bertz CT molecular complexity index is 811. The third-order valence-corrected chi connectivity index (χ3v) is 3.53. The highest BCUT2D eigenvalue weighted by atomic mass is 16.5. The Morgan fingerprint density at radius 1 is 1.05 bits per heavy atom. The predicted molar refractivity (Wildman–Crippen MR) is 85.2 cm³/mol. The number of fused-ring (bicyclic) bond motifs is 3. The number of rotatable bonds is 4. The molecule has 0 saturated carbocycles. The van der Waals surface area contributed by atoms with Gasteiger partial charge >= 0.3 is 0 Å². The molecule has 0 atom stereocenters. The third-order valence-electron chi connectivity index (χ3n) is 3.53. The molecule has 0 saturated heterocycles. The number of ether oxygens (including phenoxy) is 1. The number of benzene rings is 2. The molecule has 0 unspecified atom stereocenters. The van der Waals surface area contributed by atoms with Crippen molar-refractivity contribution in [2.75, 3.05) is 0 Å². The smallest absolute Gasteiger partial charge is 0.128 e. The van der Waals surface area contributed by atoms with Gasteiger partial charge in [-0.2, -0.15) is 0 Å². The lowest BCUT2D eigenvalue weighted by Gasteiger charge is -2.05. The third kappa shape index (κ3) is 1.90. The van der Waals surface area contributed by atoms with E-state index in [-0.39, 0.29) is 0 Å². The predicted octanol–water partition coefficient (Wildman–Crippen LogP) is 4.81. The maximum atomic E-state index is 5.39. The molecule has 2 heteroatoms. The second kappa shape index (κ2) is 4.89. The van der Waals surface area contributed by atoms with Crippen molar-refractivity contribution in [3.63, 3.8) is 0 Å².